The van der Waals surface area contributed by atoms with Gasteiger partial charge in [-0.1, -0.05) is 35.6 Å². The summed E-state index contributed by atoms with van der Waals surface area (Å²) < 4.78 is 3.70. The van der Waals surface area contributed by atoms with Gasteiger partial charge in [-0.3, -0.25) is 0 Å². The summed E-state index contributed by atoms with van der Waals surface area (Å²) in [6, 6.07) is 13.0. The van der Waals surface area contributed by atoms with Gasteiger partial charge in [0, 0.05) is 11.5 Å². The molecule has 15 heavy (non-hydrogen) atoms. The predicted molar refractivity (Wildman–Crippen MR) is 65.2 cm³/mol. The van der Waals surface area contributed by atoms with E-state index < -0.39 is 0 Å². The van der Waals surface area contributed by atoms with Crippen LogP contribution in [0.3, 0.4) is 0 Å². The fraction of sp³-hybridized carbons (Fsp3) is 0.154. The number of benzene rings is 2. The minimum Gasteiger partial charge on any atom is -0.189 e. The second-order valence-corrected chi connectivity index (χ2v) is 4.50. The second-order valence-electron chi connectivity index (χ2n) is 3.64. The van der Waals surface area contributed by atoms with E-state index in [0.717, 1.165) is 6.54 Å². The van der Waals surface area contributed by atoms with Crippen LogP contribution in [0.1, 0.15) is 6.92 Å². The molecule has 0 saturated carbocycles. The van der Waals surface area contributed by atoms with Crippen molar-refractivity contribution in [3.63, 3.8) is 0 Å². The standard InChI is InChI=1S/C13H12NS/c1-2-14-9-15-13-11-6-4-3-5-10(11)7-8-12(13)14/h3-9H,2H2,1H3/q+1. The molecule has 3 rings (SSSR count). The number of nitrogens with zero attached hydrogens (tertiary/aromatic N) is 1. The van der Waals surface area contributed by atoms with E-state index in [1.807, 2.05) is 11.3 Å². The molecule has 0 aliphatic carbocycles. The van der Waals surface area contributed by atoms with Gasteiger partial charge in [0.05, 0.1) is 0 Å². The molecule has 0 saturated heterocycles. The summed E-state index contributed by atoms with van der Waals surface area (Å²) in [5, 5.41) is 2.70. The summed E-state index contributed by atoms with van der Waals surface area (Å²) in [6.45, 7) is 3.22. The van der Waals surface area contributed by atoms with Crippen LogP contribution in [0.2, 0.25) is 0 Å². The average Bonchev–Trinajstić information content (AvgIpc) is 2.72. The highest BCUT2D eigenvalue weighted by atomic mass is 32.1. The normalized spacial score (nSPS) is 11.3. The maximum Gasteiger partial charge on any atom is 0.225 e. The van der Waals surface area contributed by atoms with Crippen molar-refractivity contribution in [2.75, 3.05) is 0 Å². The molecule has 0 bridgehead atoms. The first-order valence-corrected chi connectivity index (χ1v) is 6.06. The fourth-order valence-corrected chi connectivity index (χ4v) is 3.11. The maximum absolute atomic E-state index is 2.30. The number of rotatable bonds is 1. The number of fused-ring (bicyclic) bond motifs is 3. The highest BCUT2D eigenvalue weighted by molar-refractivity contribution is 7.17. The van der Waals surface area contributed by atoms with Crippen LogP contribution in [0.15, 0.2) is 41.9 Å². The smallest absolute Gasteiger partial charge is 0.189 e. The quantitative estimate of drug-likeness (QED) is 0.547. The van der Waals surface area contributed by atoms with Gasteiger partial charge in [0.25, 0.3) is 0 Å². The third-order valence-corrected chi connectivity index (χ3v) is 3.83. The molecule has 2 aromatic carbocycles. The molecule has 0 N–H and O–H groups in total. The van der Waals surface area contributed by atoms with Crippen LogP contribution in [0.4, 0.5) is 0 Å². The van der Waals surface area contributed by atoms with Crippen LogP contribution >= 0.6 is 11.3 Å². The minimum absolute atomic E-state index is 1.04. The van der Waals surface area contributed by atoms with Crippen LogP contribution in [-0.4, -0.2) is 0 Å². The highest BCUT2D eigenvalue weighted by Gasteiger charge is 2.11. The Balaban J connectivity index is 2.50. The molecular weight excluding hydrogens is 202 g/mol. The molecule has 2 heteroatoms. The SMILES string of the molecule is CC[n+]1csc2c3ccccc3ccc21. The first kappa shape index (κ1) is 8.86. The Morgan fingerprint density at radius 2 is 2.00 bits per heavy atom. The van der Waals surface area contributed by atoms with E-state index in [1.165, 1.54) is 21.0 Å². The molecule has 0 amide bonds. The highest BCUT2D eigenvalue weighted by Crippen LogP contribution is 2.26. The molecule has 0 atom stereocenters. The first-order valence-electron chi connectivity index (χ1n) is 5.18. The lowest BCUT2D eigenvalue weighted by Crippen LogP contribution is -2.29. The Hall–Kier alpha value is -1.41. The van der Waals surface area contributed by atoms with Crippen LogP contribution in [0, 0.1) is 0 Å². The zero-order valence-electron chi connectivity index (χ0n) is 8.60. The topological polar surface area (TPSA) is 3.88 Å². The molecule has 0 radical (unpaired) electrons. The van der Waals surface area contributed by atoms with E-state index in [-0.39, 0.29) is 0 Å². The van der Waals surface area contributed by atoms with Gasteiger partial charge in [-0.2, -0.15) is 4.57 Å². The summed E-state index contributed by atoms with van der Waals surface area (Å²) in [6.07, 6.45) is 0. The summed E-state index contributed by atoms with van der Waals surface area (Å²) in [7, 11) is 0. The van der Waals surface area contributed by atoms with Crippen molar-refractivity contribution < 1.29 is 4.57 Å². The van der Waals surface area contributed by atoms with E-state index in [9.17, 15) is 0 Å². The Labute approximate surface area is 92.6 Å². The van der Waals surface area contributed by atoms with E-state index >= 15 is 0 Å². The number of aromatic nitrogens is 1. The molecule has 0 fully saturated rings. The molecule has 1 nitrogen and oxygen atoms in total. The van der Waals surface area contributed by atoms with Crippen molar-refractivity contribution in [2.24, 2.45) is 0 Å². The Kier molecular flexibility index (Phi) is 1.96. The van der Waals surface area contributed by atoms with Gasteiger partial charge >= 0.3 is 0 Å². The number of aryl methyl sites for hydroxylation is 1. The molecule has 1 heterocycles. The molecule has 0 spiro atoms. The molecule has 0 unspecified atom stereocenters. The number of hydrogen-bond acceptors (Lipinski definition) is 1. The van der Waals surface area contributed by atoms with Gasteiger partial charge in [0.2, 0.25) is 11.0 Å². The van der Waals surface area contributed by atoms with E-state index in [4.69, 9.17) is 0 Å². The fourth-order valence-electron chi connectivity index (χ4n) is 2.00. The average molecular weight is 214 g/mol. The maximum atomic E-state index is 2.30. The zero-order chi connectivity index (χ0) is 10.3. The monoisotopic (exact) mass is 214 g/mol. The number of thiazole rings is 1. The Bertz CT molecular complexity index is 625. The lowest BCUT2D eigenvalue weighted by Gasteiger charge is -1.96. The predicted octanol–water partition coefficient (Wildman–Crippen LogP) is 3.36. The first-order chi connectivity index (χ1) is 7.40. The third-order valence-electron chi connectivity index (χ3n) is 2.81. The third kappa shape index (κ3) is 1.25. The van der Waals surface area contributed by atoms with Crippen molar-refractivity contribution in [3.05, 3.63) is 41.9 Å². The summed E-state index contributed by atoms with van der Waals surface area (Å²) >= 11 is 1.83. The Morgan fingerprint density at radius 3 is 2.87 bits per heavy atom. The summed E-state index contributed by atoms with van der Waals surface area (Å²) in [4.78, 5) is 0. The zero-order valence-corrected chi connectivity index (χ0v) is 9.42. The second kappa shape index (κ2) is 3.31. The number of hydrogen-bond donors (Lipinski definition) is 0. The van der Waals surface area contributed by atoms with Gasteiger partial charge in [-0.15, -0.1) is 0 Å². The van der Waals surface area contributed by atoms with Crippen LogP contribution < -0.4 is 4.57 Å². The largest absolute Gasteiger partial charge is 0.225 e. The van der Waals surface area contributed by atoms with Crippen molar-refractivity contribution in [3.8, 4) is 0 Å². The minimum atomic E-state index is 1.04. The lowest BCUT2D eigenvalue weighted by atomic mass is 10.1. The van der Waals surface area contributed by atoms with Gasteiger partial charge in [0.1, 0.15) is 11.2 Å². The van der Waals surface area contributed by atoms with Gasteiger partial charge in [0.15, 0.2) is 0 Å². The van der Waals surface area contributed by atoms with Gasteiger partial charge in [-0.25, -0.2) is 0 Å². The molecule has 74 valence electrons. The summed E-state index contributed by atoms with van der Waals surface area (Å²) in [5.74, 6) is 0. The van der Waals surface area contributed by atoms with E-state index in [1.54, 1.807) is 0 Å². The lowest BCUT2D eigenvalue weighted by molar-refractivity contribution is -0.663. The molecule has 3 aromatic rings. The van der Waals surface area contributed by atoms with Crippen LogP contribution in [-0.2, 0) is 6.54 Å². The molecule has 0 aliphatic rings. The van der Waals surface area contributed by atoms with Gasteiger partial charge < -0.3 is 0 Å². The molecule has 1 aromatic heterocycles. The van der Waals surface area contributed by atoms with Crippen LogP contribution in [0.5, 0.6) is 0 Å². The van der Waals surface area contributed by atoms with E-state index in [2.05, 4.69) is 53.4 Å². The van der Waals surface area contributed by atoms with Gasteiger partial charge in [-0.05, 0) is 18.4 Å². The van der Waals surface area contributed by atoms with Crippen molar-refractivity contribution in [1.82, 2.24) is 0 Å². The van der Waals surface area contributed by atoms with Crippen molar-refractivity contribution >= 4 is 32.3 Å². The van der Waals surface area contributed by atoms with Crippen molar-refractivity contribution in [2.45, 2.75) is 13.5 Å². The van der Waals surface area contributed by atoms with Crippen molar-refractivity contribution in [1.29, 1.82) is 0 Å². The molecule has 0 aliphatic heterocycles. The van der Waals surface area contributed by atoms with Crippen LogP contribution in [0.25, 0.3) is 21.0 Å². The Morgan fingerprint density at radius 1 is 1.13 bits per heavy atom. The van der Waals surface area contributed by atoms with E-state index in [0.29, 0.717) is 0 Å². The molecular formula is C13H12NS+. The summed E-state index contributed by atoms with van der Waals surface area (Å²) in [5.41, 5.74) is 3.55.